The van der Waals surface area contributed by atoms with Crippen LogP contribution in [0.25, 0.3) is 0 Å². The van der Waals surface area contributed by atoms with Gasteiger partial charge in [0.2, 0.25) is 5.13 Å². The highest BCUT2D eigenvalue weighted by Gasteiger charge is 2.28. The van der Waals surface area contributed by atoms with E-state index >= 15 is 0 Å². The maximum Gasteiger partial charge on any atom is 0.205 e. The third-order valence-electron chi connectivity index (χ3n) is 2.48. The van der Waals surface area contributed by atoms with Crippen LogP contribution in [0.4, 0.5) is 5.13 Å². The Morgan fingerprint density at radius 2 is 2.33 bits per heavy atom. The molecule has 0 spiro atoms. The van der Waals surface area contributed by atoms with Gasteiger partial charge in [0.15, 0.2) is 0 Å². The van der Waals surface area contributed by atoms with Crippen LogP contribution in [-0.2, 0) is 4.74 Å². The molecule has 0 atom stereocenters. The Balaban J connectivity index is 1.84. The highest BCUT2D eigenvalue weighted by Crippen LogP contribution is 2.39. The fraction of sp³-hybridized carbons (Fsp3) is 0.800. The third-order valence-corrected chi connectivity index (χ3v) is 3.32. The SMILES string of the molecule is CCOCCN(C)c1nc(C2CC2)ns1. The van der Waals surface area contributed by atoms with E-state index in [1.807, 2.05) is 14.0 Å². The predicted molar refractivity (Wildman–Crippen MR) is 61.6 cm³/mol. The molecular weight excluding hydrogens is 210 g/mol. The molecule has 0 aliphatic heterocycles. The van der Waals surface area contributed by atoms with E-state index in [0.717, 1.165) is 30.7 Å². The molecule has 1 aliphatic carbocycles. The number of hydrogen-bond acceptors (Lipinski definition) is 5. The number of anilines is 1. The first-order valence-corrected chi connectivity index (χ1v) is 6.21. The van der Waals surface area contributed by atoms with Gasteiger partial charge in [-0.25, -0.2) is 4.98 Å². The van der Waals surface area contributed by atoms with Gasteiger partial charge in [0.1, 0.15) is 5.82 Å². The van der Waals surface area contributed by atoms with Crippen LogP contribution in [0.2, 0.25) is 0 Å². The minimum absolute atomic E-state index is 0.648. The van der Waals surface area contributed by atoms with Crippen molar-refractivity contribution in [2.75, 3.05) is 31.7 Å². The minimum atomic E-state index is 0.648. The van der Waals surface area contributed by atoms with Crippen molar-refractivity contribution in [3.05, 3.63) is 5.82 Å². The zero-order chi connectivity index (χ0) is 10.7. The number of rotatable bonds is 6. The zero-order valence-electron chi connectivity index (χ0n) is 9.27. The molecule has 84 valence electrons. The van der Waals surface area contributed by atoms with Gasteiger partial charge in [0, 0.05) is 37.6 Å². The lowest BCUT2D eigenvalue weighted by Crippen LogP contribution is -2.22. The molecule has 0 bridgehead atoms. The third kappa shape index (κ3) is 2.89. The quantitative estimate of drug-likeness (QED) is 0.696. The number of ether oxygens (including phenoxy) is 1. The molecular formula is C10H17N3OS. The van der Waals surface area contributed by atoms with E-state index in [0.29, 0.717) is 5.92 Å². The Bertz CT molecular complexity index is 311. The first kappa shape index (κ1) is 10.8. The number of nitrogens with zero attached hydrogens (tertiary/aromatic N) is 3. The van der Waals surface area contributed by atoms with Crippen molar-refractivity contribution < 1.29 is 4.74 Å². The number of aromatic nitrogens is 2. The number of hydrogen-bond donors (Lipinski definition) is 0. The summed E-state index contributed by atoms with van der Waals surface area (Å²) in [4.78, 5) is 6.64. The summed E-state index contributed by atoms with van der Waals surface area (Å²) in [6.45, 7) is 4.42. The summed E-state index contributed by atoms with van der Waals surface area (Å²) in [6, 6.07) is 0. The van der Waals surface area contributed by atoms with E-state index in [1.54, 1.807) is 0 Å². The van der Waals surface area contributed by atoms with Crippen LogP contribution in [-0.4, -0.2) is 36.2 Å². The molecule has 4 nitrogen and oxygen atoms in total. The van der Waals surface area contributed by atoms with Crippen LogP contribution in [0.3, 0.4) is 0 Å². The fourth-order valence-corrected chi connectivity index (χ4v) is 2.06. The Morgan fingerprint density at radius 1 is 1.53 bits per heavy atom. The monoisotopic (exact) mass is 227 g/mol. The molecule has 0 unspecified atom stereocenters. The summed E-state index contributed by atoms with van der Waals surface area (Å²) in [6.07, 6.45) is 2.53. The summed E-state index contributed by atoms with van der Waals surface area (Å²) in [5.74, 6) is 1.69. The summed E-state index contributed by atoms with van der Waals surface area (Å²) < 4.78 is 9.68. The average molecular weight is 227 g/mol. The Morgan fingerprint density at radius 3 is 3.00 bits per heavy atom. The summed E-state index contributed by atoms with van der Waals surface area (Å²) in [7, 11) is 2.04. The molecule has 0 radical (unpaired) electrons. The van der Waals surface area contributed by atoms with Crippen molar-refractivity contribution in [2.24, 2.45) is 0 Å². The first-order chi connectivity index (χ1) is 7.31. The van der Waals surface area contributed by atoms with Gasteiger partial charge < -0.3 is 9.64 Å². The van der Waals surface area contributed by atoms with Crippen molar-refractivity contribution in [1.29, 1.82) is 0 Å². The first-order valence-electron chi connectivity index (χ1n) is 5.43. The van der Waals surface area contributed by atoms with E-state index in [2.05, 4.69) is 14.3 Å². The van der Waals surface area contributed by atoms with Crippen LogP contribution in [0, 0.1) is 0 Å². The lowest BCUT2D eigenvalue weighted by Gasteiger charge is -2.14. The van der Waals surface area contributed by atoms with E-state index in [9.17, 15) is 0 Å². The molecule has 1 aromatic rings. The maximum absolute atomic E-state index is 5.31. The van der Waals surface area contributed by atoms with Crippen LogP contribution in [0.5, 0.6) is 0 Å². The Labute approximate surface area is 94.4 Å². The van der Waals surface area contributed by atoms with Crippen LogP contribution in [0.1, 0.15) is 31.5 Å². The molecule has 1 heterocycles. The van der Waals surface area contributed by atoms with Gasteiger partial charge in [-0.1, -0.05) is 0 Å². The smallest absolute Gasteiger partial charge is 0.205 e. The van der Waals surface area contributed by atoms with E-state index in [1.165, 1.54) is 24.4 Å². The van der Waals surface area contributed by atoms with Crippen LogP contribution < -0.4 is 4.90 Å². The second kappa shape index (κ2) is 4.90. The Hall–Kier alpha value is -0.680. The molecule has 0 aromatic carbocycles. The normalized spacial score (nSPS) is 15.6. The average Bonchev–Trinajstić information content (AvgIpc) is 2.97. The summed E-state index contributed by atoms with van der Waals surface area (Å²) >= 11 is 1.49. The molecule has 1 aliphatic rings. The minimum Gasteiger partial charge on any atom is -0.380 e. The second-order valence-electron chi connectivity index (χ2n) is 3.83. The van der Waals surface area contributed by atoms with Crippen molar-refractivity contribution in [2.45, 2.75) is 25.7 Å². The van der Waals surface area contributed by atoms with Crippen LogP contribution >= 0.6 is 11.5 Å². The van der Waals surface area contributed by atoms with Gasteiger partial charge >= 0.3 is 0 Å². The molecule has 15 heavy (non-hydrogen) atoms. The van der Waals surface area contributed by atoms with Gasteiger partial charge in [0.05, 0.1) is 6.61 Å². The highest BCUT2D eigenvalue weighted by atomic mass is 32.1. The lowest BCUT2D eigenvalue weighted by molar-refractivity contribution is 0.154. The Kier molecular flexibility index (Phi) is 3.53. The highest BCUT2D eigenvalue weighted by molar-refractivity contribution is 7.09. The van der Waals surface area contributed by atoms with Gasteiger partial charge in [-0.3, -0.25) is 0 Å². The molecule has 1 fully saturated rings. The van der Waals surface area contributed by atoms with E-state index in [-0.39, 0.29) is 0 Å². The predicted octanol–water partition coefficient (Wildman–Crippen LogP) is 1.89. The van der Waals surface area contributed by atoms with Crippen molar-refractivity contribution in [3.8, 4) is 0 Å². The number of likely N-dealkylation sites (N-methyl/N-ethyl adjacent to an activating group) is 1. The van der Waals surface area contributed by atoms with Gasteiger partial charge in [-0.15, -0.1) is 0 Å². The van der Waals surface area contributed by atoms with Crippen molar-refractivity contribution in [3.63, 3.8) is 0 Å². The topological polar surface area (TPSA) is 38.2 Å². The van der Waals surface area contributed by atoms with Gasteiger partial charge in [-0.2, -0.15) is 4.37 Å². The molecule has 1 aromatic heterocycles. The molecule has 0 N–H and O–H groups in total. The molecule has 0 amide bonds. The van der Waals surface area contributed by atoms with Crippen molar-refractivity contribution >= 4 is 16.7 Å². The maximum atomic E-state index is 5.31. The molecule has 1 saturated carbocycles. The second-order valence-corrected chi connectivity index (χ2v) is 4.56. The molecule has 5 heteroatoms. The van der Waals surface area contributed by atoms with Crippen LogP contribution in [0.15, 0.2) is 0 Å². The van der Waals surface area contributed by atoms with Gasteiger partial charge in [-0.05, 0) is 19.8 Å². The lowest BCUT2D eigenvalue weighted by atomic mass is 10.4. The fourth-order valence-electron chi connectivity index (χ4n) is 1.33. The molecule has 2 rings (SSSR count). The standard InChI is InChI=1S/C10H17N3OS/c1-3-14-7-6-13(2)10-11-9(12-15-10)8-4-5-8/h8H,3-7H2,1-2H3. The van der Waals surface area contributed by atoms with Crippen molar-refractivity contribution in [1.82, 2.24) is 9.36 Å². The van der Waals surface area contributed by atoms with E-state index < -0.39 is 0 Å². The van der Waals surface area contributed by atoms with E-state index in [4.69, 9.17) is 4.74 Å². The summed E-state index contributed by atoms with van der Waals surface area (Å²) in [5.41, 5.74) is 0. The molecule has 0 saturated heterocycles. The summed E-state index contributed by atoms with van der Waals surface area (Å²) in [5, 5.41) is 1.01. The largest absolute Gasteiger partial charge is 0.380 e. The zero-order valence-corrected chi connectivity index (χ0v) is 10.1. The van der Waals surface area contributed by atoms with Gasteiger partial charge in [0.25, 0.3) is 0 Å².